The molecule has 2 aromatic carbocycles. The number of carbonyl (C=O) groups excluding carboxylic acids is 1. The number of nitrogens with zero attached hydrogens (tertiary/aromatic N) is 6. The Balaban J connectivity index is 1.22. The van der Waals surface area contributed by atoms with Crippen LogP contribution < -0.4 is 20.3 Å². The average molecular weight is 662 g/mol. The molecule has 2 N–H and O–H groups in total. The number of likely N-dealkylation sites (N-methyl/N-ethyl adjacent to an activating group) is 1. The van der Waals surface area contributed by atoms with Crippen molar-refractivity contribution in [3.8, 4) is 6.01 Å². The van der Waals surface area contributed by atoms with E-state index in [0.29, 0.717) is 50.8 Å². The van der Waals surface area contributed by atoms with Crippen LogP contribution >= 0.6 is 11.6 Å². The summed E-state index contributed by atoms with van der Waals surface area (Å²) < 4.78 is 12.3. The summed E-state index contributed by atoms with van der Waals surface area (Å²) in [5.74, 6) is 1.26. The van der Waals surface area contributed by atoms with Gasteiger partial charge < -0.3 is 29.9 Å². The molecule has 0 radical (unpaired) electrons. The first-order valence-corrected chi connectivity index (χ1v) is 17.6. The van der Waals surface area contributed by atoms with Crippen LogP contribution in [0, 0.1) is 5.92 Å². The van der Waals surface area contributed by atoms with Crippen molar-refractivity contribution in [3.63, 3.8) is 0 Å². The van der Waals surface area contributed by atoms with Gasteiger partial charge in [0.25, 0.3) is 0 Å². The summed E-state index contributed by atoms with van der Waals surface area (Å²) in [5.41, 5.74) is 8.78. The van der Waals surface area contributed by atoms with Crippen LogP contribution in [0.4, 0.5) is 16.3 Å². The number of fused-ring (bicyclic) bond motifs is 4. The standard InChI is InChI=1S/C36H48ClN7O3/c1-36(2,3)47-35(45)44-26-18-24(13-15-38)31(44)21-43(19-26)33-27-14-17-42(30-12-6-9-23-8-5-11-28(37)32(23)30)20-29(27)39-34(40-33)46-22-25-10-7-16-41(25)4/h5-6,8-9,11-12,24-26,31H,7,10,13-22,38H2,1-4H3/t24-,25+,26-,31?/m1/s1. The van der Waals surface area contributed by atoms with E-state index in [1.165, 1.54) is 12.0 Å². The third-order valence-corrected chi connectivity index (χ3v) is 10.7. The summed E-state index contributed by atoms with van der Waals surface area (Å²) in [6, 6.07) is 13.2. The molecule has 3 saturated heterocycles. The second kappa shape index (κ2) is 12.9. The van der Waals surface area contributed by atoms with Gasteiger partial charge in [-0.05, 0) is 96.4 Å². The van der Waals surface area contributed by atoms with E-state index in [2.05, 4.69) is 46.0 Å². The number of halogens is 1. The van der Waals surface area contributed by atoms with Crippen LogP contribution in [0.1, 0.15) is 57.7 Å². The molecule has 3 fully saturated rings. The van der Waals surface area contributed by atoms with E-state index in [1.807, 2.05) is 37.8 Å². The lowest BCUT2D eigenvalue weighted by Crippen LogP contribution is -2.58. The van der Waals surface area contributed by atoms with Gasteiger partial charge in [0.05, 0.1) is 29.3 Å². The van der Waals surface area contributed by atoms with Gasteiger partial charge >= 0.3 is 12.1 Å². The molecule has 47 heavy (non-hydrogen) atoms. The van der Waals surface area contributed by atoms with Crippen LogP contribution in [0.25, 0.3) is 10.8 Å². The van der Waals surface area contributed by atoms with Crippen LogP contribution in [-0.2, 0) is 17.7 Å². The lowest BCUT2D eigenvalue weighted by molar-refractivity contribution is 0.0103. The Kier molecular flexibility index (Phi) is 8.87. The number of hydrogen-bond acceptors (Lipinski definition) is 9. The Morgan fingerprint density at radius 2 is 1.89 bits per heavy atom. The molecule has 1 aromatic heterocycles. The number of likely N-dealkylation sites (tertiary alicyclic amines) is 1. The predicted octanol–water partition coefficient (Wildman–Crippen LogP) is 5.48. The molecular weight excluding hydrogens is 614 g/mol. The van der Waals surface area contributed by atoms with Crippen molar-refractivity contribution in [1.82, 2.24) is 19.8 Å². The highest BCUT2D eigenvalue weighted by Crippen LogP contribution is 2.42. The number of benzene rings is 2. The van der Waals surface area contributed by atoms with Crippen molar-refractivity contribution in [2.24, 2.45) is 11.7 Å². The van der Waals surface area contributed by atoms with Crippen LogP contribution in [0.15, 0.2) is 36.4 Å². The number of anilines is 2. The van der Waals surface area contributed by atoms with Crippen LogP contribution in [-0.4, -0.2) is 96.0 Å². The van der Waals surface area contributed by atoms with Gasteiger partial charge in [-0.1, -0.05) is 35.9 Å². The SMILES string of the molecule is CN1CCC[C@H]1COc1nc2c(c(N3CC4[C@H](CCN)C[C@H](C3)N4C(=O)OC(C)(C)C)n1)CCN(c1cccc3cccc(Cl)c13)C2. The lowest BCUT2D eigenvalue weighted by atomic mass is 9.96. The van der Waals surface area contributed by atoms with Crippen molar-refractivity contribution in [2.45, 2.75) is 83.1 Å². The summed E-state index contributed by atoms with van der Waals surface area (Å²) in [6.45, 7) is 10.8. The van der Waals surface area contributed by atoms with Crippen molar-refractivity contribution in [2.75, 3.05) is 56.2 Å². The van der Waals surface area contributed by atoms with E-state index < -0.39 is 5.60 Å². The molecule has 1 amide bonds. The molecule has 3 aromatic rings. The Labute approximate surface area is 283 Å². The minimum absolute atomic E-state index is 0.00665. The number of nitrogens with two attached hydrogens (primary N) is 1. The maximum atomic E-state index is 13.5. The minimum Gasteiger partial charge on any atom is -0.462 e. The second-order valence-electron chi connectivity index (χ2n) is 14.7. The van der Waals surface area contributed by atoms with Gasteiger partial charge in [-0.2, -0.15) is 9.97 Å². The number of aromatic nitrogens is 2. The Morgan fingerprint density at radius 1 is 1.09 bits per heavy atom. The number of hydrogen-bond donors (Lipinski definition) is 1. The molecule has 0 saturated carbocycles. The summed E-state index contributed by atoms with van der Waals surface area (Å²) in [7, 11) is 2.16. The Hall–Kier alpha value is -3.34. The van der Waals surface area contributed by atoms with E-state index in [4.69, 9.17) is 36.8 Å². The average Bonchev–Trinajstić information content (AvgIpc) is 3.55. The largest absolute Gasteiger partial charge is 0.462 e. The summed E-state index contributed by atoms with van der Waals surface area (Å²) >= 11 is 6.76. The number of ether oxygens (including phenoxy) is 2. The fourth-order valence-electron chi connectivity index (χ4n) is 8.19. The highest BCUT2D eigenvalue weighted by molar-refractivity contribution is 6.36. The Bertz CT molecular complexity index is 1620. The molecule has 4 aliphatic heterocycles. The smallest absolute Gasteiger partial charge is 0.410 e. The van der Waals surface area contributed by atoms with Gasteiger partial charge in [0, 0.05) is 42.3 Å². The molecule has 4 atom stereocenters. The number of amides is 1. The van der Waals surface area contributed by atoms with Crippen molar-refractivity contribution < 1.29 is 14.3 Å². The molecule has 5 heterocycles. The number of piperazine rings is 1. The maximum absolute atomic E-state index is 13.5. The lowest BCUT2D eigenvalue weighted by Gasteiger charge is -2.43. The third kappa shape index (κ3) is 6.44. The molecule has 0 spiro atoms. The normalized spacial score (nSPS) is 24.6. The van der Waals surface area contributed by atoms with Gasteiger partial charge in [-0.3, -0.25) is 4.90 Å². The summed E-state index contributed by atoms with van der Waals surface area (Å²) in [5, 5.41) is 2.94. The van der Waals surface area contributed by atoms with E-state index in [1.54, 1.807) is 0 Å². The summed E-state index contributed by atoms with van der Waals surface area (Å²) in [6.07, 6.45) is 4.65. The molecule has 252 valence electrons. The quantitative estimate of drug-likeness (QED) is 0.353. The van der Waals surface area contributed by atoms with Crippen LogP contribution in [0.3, 0.4) is 0 Å². The van der Waals surface area contributed by atoms with Crippen LogP contribution in [0.5, 0.6) is 6.01 Å². The molecule has 1 unspecified atom stereocenters. The first-order valence-electron chi connectivity index (χ1n) is 17.2. The van der Waals surface area contributed by atoms with Crippen molar-refractivity contribution in [1.29, 1.82) is 0 Å². The van der Waals surface area contributed by atoms with E-state index >= 15 is 0 Å². The molecule has 2 bridgehead atoms. The molecule has 0 aliphatic carbocycles. The van der Waals surface area contributed by atoms with Gasteiger partial charge in [-0.25, -0.2) is 4.79 Å². The van der Waals surface area contributed by atoms with Crippen LogP contribution in [0.2, 0.25) is 5.02 Å². The fourth-order valence-corrected chi connectivity index (χ4v) is 8.47. The van der Waals surface area contributed by atoms with Crippen molar-refractivity contribution in [3.05, 3.63) is 52.7 Å². The van der Waals surface area contributed by atoms with E-state index in [9.17, 15) is 4.79 Å². The molecule has 4 aliphatic rings. The zero-order valence-corrected chi connectivity index (χ0v) is 28.9. The number of carbonyl (C=O) groups is 1. The molecule has 7 rings (SSSR count). The van der Waals surface area contributed by atoms with Gasteiger partial charge in [0.1, 0.15) is 18.0 Å². The highest BCUT2D eigenvalue weighted by Gasteiger charge is 2.50. The fraction of sp³-hybridized carbons (Fsp3) is 0.583. The second-order valence-corrected chi connectivity index (χ2v) is 15.1. The monoisotopic (exact) mass is 661 g/mol. The minimum atomic E-state index is -0.553. The number of rotatable bonds is 7. The zero-order chi connectivity index (χ0) is 32.9. The topological polar surface area (TPSA) is 100 Å². The Morgan fingerprint density at radius 3 is 2.64 bits per heavy atom. The van der Waals surface area contributed by atoms with Crippen molar-refractivity contribution >= 4 is 40.0 Å². The third-order valence-electron chi connectivity index (χ3n) is 10.4. The molecule has 10 nitrogen and oxygen atoms in total. The molecule has 11 heteroatoms. The predicted molar refractivity (Wildman–Crippen MR) is 187 cm³/mol. The summed E-state index contributed by atoms with van der Waals surface area (Å²) in [4.78, 5) is 32.8. The first-order chi connectivity index (χ1) is 22.6. The van der Waals surface area contributed by atoms with E-state index in [0.717, 1.165) is 71.8 Å². The zero-order valence-electron chi connectivity index (χ0n) is 28.1. The first kappa shape index (κ1) is 32.2. The van der Waals surface area contributed by atoms with Gasteiger partial charge in [0.2, 0.25) is 0 Å². The van der Waals surface area contributed by atoms with Gasteiger partial charge in [0.15, 0.2) is 0 Å². The highest BCUT2D eigenvalue weighted by atomic mass is 35.5. The van der Waals surface area contributed by atoms with E-state index in [-0.39, 0.29) is 18.2 Å². The maximum Gasteiger partial charge on any atom is 0.410 e. The molecular formula is C36H48ClN7O3. The van der Waals surface area contributed by atoms with Gasteiger partial charge in [-0.15, -0.1) is 0 Å².